The fourth-order valence-corrected chi connectivity index (χ4v) is 5.17. The number of thiazole rings is 1. The van der Waals surface area contributed by atoms with Crippen molar-refractivity contribution in [3.8, 4) is 16.9 Å². The van der Waals surface area contributed by atoms with Gasteiger partial charge >= 0.3 is 0 Å². The Kier molecular flexibility index (Phi) is 7.20. The second kappa shape index (κ2) is 10.7. The van der Waals surface area contributed by atoms with Crippen LogP contribution in [0.1, 0.15) is 5.01 Å². The zero-order valence-corrected chi connectivity index (χ0v) is 20.3. The summed E-state index contributed by atoms with van der Waals surface area (Å²) in [6, 6.07) is 16.3. The molecule has 1 aliphatic heterocycles. The van der Waals surface area contributed by atoms with Gasteiger partial charge in [0.1, 0.15) is 18.5 Å². The van der Waals surface area contributed by atoms with E-state index in [1.165, 1.54) is 5.56 Å². The molecule has 2 aromatic heterocycles. The van der Waals surface area contributed by atoms with Crippen LogP contribution in [0, 0.1) is 6.92 Å². The largest absolute Gasteiger partial charge is 0.491 e. The maximum atomic E-state index is 10.5. The normalized spacial score (nSPS) is 16.2. The Morgan fingerprint density at radius 1 is 1.00 bits per heavy atom. The molecular formula is C26H31N5O2S. The first kappa shape index (κ1) is 23.0. The number of ether oxygens (including phenoxy) is 1. The predicted molar refractivity (Wildman–Crippen MR) is 136 cm³/mol. The van der Waals surface area contributed by atoms with Gasteiger partial charge in [-0.25, -0.2) is 4.98 Å². The van der Waals surface area contributed by atoms with Crippen molar-refractivity contribution in [2.75, 3.05) is 45.9 Å². The minimum Gasteiger partial charge on any atom is -0.491 e. The molecule has 3 heterocycles. The number of β-amino-alcohol motifs (C(OH)–C–C–N with tert-alkyl or cyclic N) is 1. The molecule has 8 heteroatoms. The van der Waals surface area contributed by atoms with E-state index in [9.17, 15) is 5.11 Å². The van der Waals surface area contributed by atoms with E-state index in [-0.39, 0.29) is 6.61 Å². The van der Waals surface area contributed by atoms with Crippen LogP contribution >= 0.6 is 11.3 Å². The van der Waals surface area contributed by atoms with Gasteiger partial charge in [0.25, 0.3) is 0 Å². The molecule has 34 heavy (non-hydrogen) atoms. The minimum absolute atomic E-state index is 0.290. The van der Waals surface area contributed by atoms with Gasteiger partial charge in [0, 0.05) is 57.1 Å². The summed E-state index contributed by atoms with van der Waals surface area (Å²) < 4.78 is 9.02. The fourth-order valence-electron chi connectivity index (χ4n) is 4.36. The van der Waals surface area contributed by atoms with Gasteiger partial charge < -0.3 is 9.84 Å². The Bertz CT molecular complexity index is 1200. The van der Waals surface area contributed by atoms with E-state index in [2.05, 4.69) is 50.3 Å². The van der Waals surface area contributed by atoms with Crippen LogP contribution in [-0.4, -0.2) is 81.7 Å². The molecule has 2 aromatic carbocycles. The number of hydrogen-bond acceptors (Lipinski definition) is 7. The van der Waals surface area contributed by atoms with Crippen LogP contribution in [0.25, 0.3) is 21.3 Å². The number of benzene rings is 2. The summed E-state index contributed by atoms with van der Waals surface area (Å²) in [6.07, 6.45) is 3.54. The van der Waals surface area contributed by atoms with Crippen LogP contribution in [0.4, 0.5) is 0 Å². The molecule has 178 valence electrons. The Morgan fingerprint density at radius 2 is 1.79 bits per heavy atom. The number of aryl methyl sites for hydroxylation is 1. The van der Waals surface area contributed by atoms with Gasteiger partial charge in [0.2, 0.25) is 0 Å². The van der Waals surface area contributed by atoms with E-state index in [1.54, 1.807) is 11.3 Å². The van der Waals surface area contributed by atoms with E-state index in [1.807, 2.05) is 42.1 Å². The van der Waals surface area contributed by atoms with Crippen LogP contribution in [0.2, 0.25) is 0 Å². The first-order valence-corrected chi connectivity index (χ1v) is 12.6. The third kappa shape index (κ3) is 5.82. The molecule has 0 saturated carbocycles. The zero-order valence-electron chi connectivity index (χ0n) is 19.5. The Labute approximate surface area is 204 Å². The molecule has 1 N–H and O–H groups in total. The number of hydrogen-bond donors (Lipinski definition) is 1. The fraction of sp³-hybridized carbons (Fsp3) is 0.385. The lowest BCUT2D eigenvalue weighted by molar-refractivity contribution is 0.0453. The second-order valence-corrected chi connectivity index (χ2v) is 10.1. The molecule has 1 atom stereocenters. The van der Waals surface area contributed by atoms with Crippen LogP contribution in [0.15, 0.2) is 60.9 Å². The maximum absolute atomic E-state index is 10.5. The number of rotatable bonds is 9. The summed E-state index contributed by atoms with van der Waals surface area (Å²) in [6.45, 7) is 8.70. The van der Waals surface area contributed by atoms with Gasteiger partial charge in [-0.1, -0.05) is 30.3 Å². The summed E-state index contributed by atoms with van der Waals surface area (Å²) in [4.78, 5) is 9.29. The molecule has 5 rings (SSSR count). The predicted octanol–water partition coefficient (Wildman–Crippen LogP) is 3.53. The van der Waals surface area contributed by atoms with Crippen molar-refractivity contribution in [1.29, 1.82) is 0 Å². The van der Waals surface area contributed by atoms with Gasteiger partial charge in [-0.3, -0.25) is 14.5 Å². The van der Waals surface area contributed by atoms with Gasteiger partial charge in [-0.05, 0) is 24.6 Å². The monoisotopic (exact) mass is 477 g/mol. The number of piperazine rings is 1. The molecule has 1 fully saturated rings. The van der Waals surface area contributed by atoms with Crippen molar-refractivity contribution < 1.29 is 9.84 Å². The van der Waals surface area contributed by atoms with Crippen LogP contribution in [0.5, 0.6) is 5.75 Å². The first-order chi connectivity index (χ1) is 16.6. The van der Waals surface area contributed by atoms with E-state index in [0.717, 1.165) is 65.8 Å². The average molecular weight is 478 g/mol. The van der Waals surface area contributed by atoms with E-state index in [0.29, 0.717) is 6.54 Å². The number of aliphatic hydroxyl groups excluding tert-OH is 1. The first-order valence-electron chi connectivity index (χ1n) is 11.8. The summed E-state index contributed by atoms with van der Waals surface area (Å²) >= 11 is 1.68. The summed E-state index contributed by atoms with van der Waals surface area (Å²) in [5.74, 6) is 0.760. The SMILES string of the molecule is Cc1nc2cc(OC[C@@H](O)CN3CCN(CCn4cc(-c5ccccc5)cn4)CC3)ccc2s1. The van der Waals surface area contributed by atoms with Crippen molar-refractivity contribution in [3.05, 3.63) is 65.9 Å². The molecule has 1 saturated heterocycles. The molecular weight excluding hydrogens is 446 g/mol. The molecule has 1 aliphatic rings. The van der Waals surface area contributed by atoms with Gasteiger partial charge in [-0.2, -0.15) is 5.10 Å². The number of fused-ring (bicyclic) bond motifs is 1. The van der Waals surface area contributed by atoms with Crippen LogP contribution in [0.3, 0.4) is 0 Å². The maximum Gasteiger partial charge on any atom is 0.121 e. The molecule has 0 bridgehead atoms. The van der Waals surface area contributed by atoms with Crippen molar-refractivity contribution in [2.45, 2.75) is 19.6 Å². The van der Waals surface area contributed by atoms with E-state index >= 15 is 0 Å². The lowest BCUT2D eigenvalue weighted by Crippen LogP contribution is -2.49. The average Bonchev–Trinajstić information content (AvgIpc) is 3.48. The quantitative estimate of drug-likeness (QED) is 0.398. The van der Waals surface area contributed by atoms with E-state index < -0.39 is 6.10 Å². The lowest BCUT2D eigenvalue weighted by atomic mass is 10.1. The molecule has 0 radical (unpaired) electrons. The molecule has 0 aliphatic carbocycles. The molecule has 0 unspecified atom stereocenters. The Morgan fingerprint density at radius 3 is 2.62 bits per heavy atom. The third-order valence-corrected chi connectivity index (χ3v) is 7.18. The van der Waals surface area contributed by atoms with Crippen LogP contribution in [-0.2, 0) is 6.54 Å². The highest BCUT2D eigenvalue weighted by atomic mass is 32.1. The third-order valence-electron chi connectivity index (χ3n) is 6.23. The topological polar surface area (TPSA) is 66.7 Å². The number of aromatic nitrogens is 3. The molecule has 0 spiro atoms. The van der Waals surface area contributed by atoms with Crippen LogP contribution < -0.4 is 4.74 Å². The highest BCUT2D eigenvalue weighted by Crippen LogP contribution is 2.25. The smallest absolute Gasteiger partial charge is 0.121 e. The van der Waals surface area contributed by atoms with Gasteiger partial charge in [0.05, 0.1) is 28.0 Å². The highest BCUT2D eigenvalue weighted by molar-refractivity contribution is 7.18. The van der Waals surface area contributed by atoms with Crippen molar-refractivity contribution >= 4 is 21.6 Å². The Hall–Kier alpha value is -2.78. The van der Waals surface area contributed by atoms with Crippen molar-refractivity contribution in [1.82, 2.24) is 24.6 Å². The van der Waals surface area contributed by atoms with Crippen molar-refractivity contribution in [3.63, 3.8) is 0 Å². The number of nitrogens with zero attached hydrogens (tertiary/aromatic N) is 5. The summed E-state index contributed by atoms with van der Waals surface area (Å²) in [5.41, 5.74) is 3.31. The van der Waals surface area contributed by atoms with Crippen molar-refractivity contribution in [2.24, 2.45) is 0 Å². The molecule has 7 nitrogen and oxygen atoms in total. The molecule has 0 amide bonds. The minimum atomic E-state index is -0.514. The van der Waals surface area contributed by atoms with E-state index in [4.69, 9.17) is 4.74 Å². The standard InChI is InChI=1S/C26H31N5O2S/c1-20-28-25-15-24(7-8-26(25)34-20)33-19-23(32)18-30-11-9-29(10-12-30)13-14-31-17-22(16-27-31)21-5-3-2-4-6-21/h2-8,15-17,23,32H,9-14,18-19H2,1H3/t23-/m0/s1. The molecule has 4 aromatic rings. The van der Waals surface area contributed by atoms with Gasteiger partial charge in [-0.15, -0.1) is 11.3 Å². The number of aliphatic hydroxyl groups is 1. The highest BCUT2D eigenvalue weighted by Gasteiger charge is 2.19. The zero-order chi connectivity index (χ0) is 23.3. The van der Waals surface area contributed by atoms with Gasteiger partial charge in [0.15, 0.2) is 0 Å². The second-order valence-electron chi connectivity index (χ2n) is 8.83. The summed E-state index contributed by atoms with van der Waals surface area (Å²) in [7, 11) is 0. The lowest BCUT2D eigenvalue weighted by Gasteiger charge is -2.35. The Balaban J connectivity index is 1.02. The summed E-state index contributed by atoms with van der Waals surface area (Å²) in [5, 5.41) is 16.1.